The van der Waals surface area contributed by atoms with Gasteiger partial charge in [-0.25, -0.2) is 9.59 Å². The molecule has 0 amide bonds. The summed E-state index contributed by atoms with van der Waals surface area (Å²) >= 11 is 0. The molecule has 26 heavy (non-hydrogen) atoms. The molecule has 0 aliphatic heterocycles. The number of benzene rings is 1. The van der Waals surface area contributed by atoms with E-state index >= 15 is 0 Å². The molecule has 144 valence electrons. The van der Waals surface area contributed by atoms with E-state index in [4.69, 9.17) is 9.47 Å². The van der Waals surface area contributed by atoms with Crippen molar-refractivity contribution in [1.82, 2.24) is 0 Å². The van der Waals surface area contributed by atoms with Gasteiger partial charge in [-0.3, -0.25) is 0 Å². The van der Waals surface area contributed by atoms with E-state index in [1.54, 1.807) is 24.3 Å². The van der Waals surface area contributed by atoms with Gasteiger partial charge >= 0.3 is 11.9 Å². The number of esters is 2. The van der Waals surface area contributed by atoms with Crippen LogP contribution >= 0.6 is 0 Å². The van der Waals surface area contributed by atoms with E-state index in [1.807, 2.05) is 19.9 Å². The number of unbranched alkanes of at least 4 members (excludes halogenated alkanes) is 6. The highest BCUT2D eigenvalue weighted by atomic mass is 16.5. The largest absolute Gasteiger partial charge is 0.462 e. The van der Waals surface area contributed by atoms with Gasteiger partial charge in [0.25, 0.3) is 0 Å². The molecule has 0 fully saturated rings. The Balaban J connectivity index is 2.45. The minimum atomic E-state index is -0.540. The van der Waals surface area contributed by atoms with Crippen molar-refractivity contribution in [2.45, 2.75) is 65.7 Å². The summed E-state index contributed by atoms with van der Waals surface area (Å²) in [6.45, 7) is 6.45. The zero-order valence-corrected chi connectivity index (χ0v) is 16.3. The molecule has 0 N–H and O–H groups in total. The van der Waals surface area contributed by atoms with Gasteiger partial charge in [0, 0.05) is 0 Å². The lowest BCUT2D eigenvalue weighted by Crippen LogP contribution is -2.15. The standard InChI is InChI=1S/C22H32O4/c1-4-5-6-7-8-9-10-13-16-25-21(23)19-14-11-12-15-20(19)22(24)26-17-18(2)3/h11-16,18H,4-10,17H2,1-3H3/b16-13+. The molecule has 0 atom stereocenters. The number of carbonyl (C=O) groups is 2. The van der Waals surface area contributed by atoms with E-state index in [2.05, 4.69) is 6.92 Å². The Morgan fingerprint density at radius 3 is 2.23 bits per heavy atom. The van der Waals surface area contributed by atoms with Crippen LogP contribution in [0.2, 0.25) is 0 Å². The smallest absolute Gasteiger partial charge is 0.343 e. The first kappa shape index (κ1) is 21.9. The van der Waals surface area contributed by atoms with Gasteiger partial charge in [-0.05, 0) is 37.0 Å². The van der Waals surface area contributed by atoms with Crippen molar-refractivity contribution in [3.63, 3.8) is 0 Å². The van der Waals surface area contributed by atoms with Crippen LogP contribution < -0.4 is 0 Å². The van der Waals surface area contributed by atoms with Crippen LogP contribution in [0.1, 0.15) is 86.4 Å². The molecule has 0 saturated carbocycles. The molecule has 0 aromatic heterocycles. The first-order valence-corrected chi connectivity index (χ1v) is 9.68. The molecular formula is C22H32O4. The third-order valence-electron chi connectivity index (χ3n) is 3.91. The third-order valence-corrected chi connectivity index (χ3v) is 3.91. The van der Waals surface area contributed by atoms with E-state index in [1.165, 1.54) is 38.4 Å². The zero-order chi connectivity index (χ0) is 19.2. The Kier molecular flexibility index (Phi) is 11.1. The molecule has 4 nitrogen and oxygen atoms in total. The second kappa shape index (κ2) is 13.2. The van der Waals surface area contributed by atoms with E-state index in [9.17, 15) is 9.59 Å². The molecule has 0 aliphatic carbocycles. The maximum absolute atomic E-state index is 12.2. The summed E-state index contributed by atoms with van der Waals surface area (Å²) in [4.78, 5) is 24.4. The Labute approximate surface area is 157 Å². The van der Waals surface area contributed by atoms with Crippen molar-refractivity contribution < 1.29 is 19.1 Å². The monoisotopic (exact) mass is 360 g/mol. The van der Waals surface area contributed by atoms with Crippen molar-refractivity contribution in [2.75, 3.05) is 6.61 Å². The number of ether oxygens (including phenoxy) is 2. The van der Waals surface area contributed by atoms with Gasteiger partial charge in [-0.1, -0.05) is 65.0 Å². The average Bonchev–Trinajstić information content (AvgIpc) is 2.64. The van der Waals surface area contributed by atoms with Crippen molar-refractivity contribution in [2.24, 2.45) is 5.92 Å². The summed E-state index contributed by atoms with van der Waals surface area (Å²) in [5, 5.41) is 0. The van der Waals surface area contributed by atoms with Gasteiger partial charge in [0.1, 0.15) is 0 Å². The number of rotatable bonds is 12. The Bertz CT molecular complexity index is 575. The Hall–Kier alpha value is -2.10. The summed E-state index contributed by atoms with van der Waals surface area (Å²) in [5.41, 5.74) is 0.466. The molecule has 0 radical (unpaired) electrons. The highest BCUT2D eigenvalue weighted by Gasteiger charge is 2.18. The number of hydrogen-bond acceptors (Lipinski definition) is 4. The Morgan fingerprint density at radius 2 is 1.58 bits per heavy atom. The van der Waals surface area contributed by atoms with Crippen LogP contribution in [-0.4, -0.2) is 18.5 Å². The number of allylic oxidation sites excluding steroid dienone is 1. The van der Waals surface area contributed by atoms with E-state index < -0.39 is 11.9 Å². The van der Waals surface area contributed by atoms with Gasteiger partial charge in [-0.15, -0.1) is 0 Å². The van der Waals surface area contributed by atoms with Gasteiger partial charge in [0.2, 0.25) is 0 Å². The normalized spacial score (nSPS) is 11.1. The van der Waals surface area contributed by atoms with Crippen LogP contribution in [0.4, 0.5) is 0 Å². The van der Waals surface area contributed by atoms with E-state index in [-0.39, 0.29) is 17.0 Å². The second-order valence-corrected chi connectivity index (χ2v) is 6.87. The van der Waals surface area contributed by atoms with Crippen molar-refractivity contribution in [3.8, 4) is 0 Å². The van der Waals surface area contributed by atoms with Crippen LogP contribution in [0.3, 0.4) is 0 Å². The SMILES string of the molecule is CCCCCCCC/C=C/OC(=O)c1ccccc1C(=O)OCC(C)C. The van der Waals surface area contributed by atoms with Gasteiger partial charge in [0.05, 0.1) is 24.0 Å². The van der Waals surface area contributed by atoms with Gasteiger partial charge < -0.3 is 9.47 Å². The lowest BCUT2D eigenvalue weighted by molar-refractivity contribution is 0.0449. The second-order valence-electron chi connectivity index (χ2n) is 6.87. The number of hydrogen-bond donors (Lipinski definition) is 0. The first-order chi connectivity index (χ1) is 12.6. The highest BCUT2D eigenvalue weighted by Crippen LogP contribution is 2.13. The molecule has 1 aromatic carbocycles. The lowest BCUT2D eigenvalue weighted by atomic mass is 10.1. The third kappa shape index (κ3) is 8.84. The molecule has 4 heteroatoms. The van der Waals surface area contributed by atoms with Gasteiger partial charge in [-0.2, -0.15) is 0 Å². The summed E-state index contributed by atoms with van der Waals surface area (Å²) in [5.74, 6) is -0.799. The molecule has 0 unspecified atom stereocenters. The van der Waals surface area contributed by atoms with E-state index in [0.29, 0.717) is 6.61 Å². The van der Waals surface area contributed by atoms with Crippen molar-refractivity contribution >= 4 is 11.9 Å². The molecule has 0 aliphatic rings. The predicted molar refractivity (Wildman–Crippen MR) is 104 cm³/mol. The van der Waals surface area contributed by atoms with Crippen LogP contribution in [-0.2, 0) is 9.47 Å². The fourth-order valence-corrected chi connectivity index (χ4v) is 2.44. The lowest BCUT2D eigenvalue weighted by Gasteiger charge is -2.09. The maximum atomic E-state index is 12.2. The number of carbonyl (C=O) groups excluding carboxylic acids is 2. The quantitative estimate of drug-likeness (QED) is 0.264. The molecular weight excluding hydrogens is 328 g/mol. The molecule has 0 saturated heterocycles. The average molecular weight is 360 g/mol. The molecule has 0 bridgehead atoms. The first-order valence-electron chi connectivity index (χ1n) is 9.68. The van der Waals surface area contributed by atoms with Crippen molar-refractivity contribution in [3.05, 3.63) is 47.7 Å². The predicted octanol–water partition coefficient (Wildman–Crippen LogP) is 5.92. The Morgan fingerprint density at radius 1 is 0.962 bits per heavy atom. The summed E-state index contributed by atoms with van der Waals surface area (Å²) in [6.07, 6.45) is 11.6. The van der Waals surface area contributed by atoms with Crippen LogP contribution in [0, 0.1) is 5.92 Å². The van der Waals surface area contributed by atoms with Gasteiger partial charge in [0.15, 0.2) is 0 Å². The minimum Gasteiger partial charge on any atom is -0.462 e. The molecule has 0 heterocycles. The molecule has 1 aromatic rings. The highest BCUT2D eigenvalue weighted by molar-refractivity contribution is 6.03. The fraction of sp³-hybridized carbons (Fsp3) is 0.545. The van der Waals surface area contributed by atoms with Crippen molar-refractivity contribution in [1.29, 1.82) is 0 Å². The minimum absolute atomic E-state index is 0.227. The van der Waals surface area contributed by atoms with Crippen LogP contribution in [0.5, 0.6) is 0 Å². The van der Waals surface area contributed by atoms with E-state index in [0.717, 1.165) is 12.8 Å². The fourth-order valence-electron chi connectivity index (χ4n) is 2.44. The summed E-state index contributed by atoms with van der Waals surface area (Å²) < 4.78 is 10.4. The topological polar surface area (TPSA) is 52.6 Å². The maximum Gasteiger partial charge on any atom is 0.343 e. The molecule has 1 rings (SSSR count). The zero-order valence-electron chi connectivity index (χ0n) is 16.3. The molecule has 0 spiro atoms. The van der Waals surface area contributed by atoms with Crippen LogP contribution in [0.15, 0.2) is 36.6 Å². The summed E-state index contributed by atoms with van der Waals surface area (Å²) in [6, 6.07) is 6.57. The summed E-state index contributed by atoms with van der Waals surface area (Å²) in [7, 11) is 0. The van der Waals surface area contributed by atoms with Crippen LogP contribution in [0.25, 0.3) is 0 Å².